The predicted octanol–water partition coefficient (Wildman–Crippen LogP) is 9.84. The molecule has 4 unspecified atom stereocenters. The van der Waals surface area contributed by atoms with Crippen LogP contribution in [0.4, 0.5) is 4.79 Å². The summed E-state index contributed by atoms with van der Waals surface area (Å²) in [6.07, 6.45) is 3.61. The Morgan fingerprint density at radius 1 is 0.783 bits per heavy atom. The molecule has 0 aliphatic carbocycles. The molecule has 2 saturated heterocycles. The number of pyridine rings is 1. The molecule has 3 N–H and O–H groups in total. The molecule has 3 aromatic carbocycles. The molecule has 10 nitrogen and oxygen atoms in total. The molecule has 10 heteroatoms. The van der Waals surface area contributed by atoms with Crippen LogP contribution in [-0.4, -0.2) is 68.7 Å². The highest BCUT2D eigenvalue weighted by Crippen LogP contribution is 2.38. The smallest absolute Gasteiger partial charge is 0.315 e. The Hall–Kier alpha value is -6.25. The van der Waals surface area contributed by atoms with Crippen molar-refractivity contribution in [3.05, 3.63) is 127 Å². The number of urea groups is 1. The third-order valence-electron chi connectivity index (χ3n) is 12.2. The number of fused-ring (bicyclic) bond motifs is 2. The highest BCUT2D eigenvalue weighted by Gasteiger charge is 2.39. The van der Waals surface area contributed by atoms with Gasteiger partial charge in [0.05, 0.1) is 52.0 Å². The van der Waals surface area contributed by atoms with E-state index in [0.717, 1.165) is 93.6 Å². The van der Waals surface area contributed by atoms with Gasteiger partial charge < -0.3 is 25.4 Å². The van der Waals surface area contributed by atoms with Crippen LogP contribution in [-0.2, 0) is 9.59 Å². The van der Waals surface area contributed by atoms with E-state index in [2.05, 4.69) is 127 Å². The molecule has 3 amide bonds. The number of allylic oxidation sites excluding steroid dienone is 1. The van der Waals surface area contributed by atoms with E-state index in [1.165, 1.54) is 0 Å². The van der Waals surface area contributed by atoms with E-state index < -0.39 is 5.92 Å². The quantitative estimate of drug-likeness (QED) is 0.0805. The van der Waals surface area contributed by atoms with Gasteiger partial charge in [-0.25, -0.2) is 9.78 Å². The molecule has 4 heterocycles. The normalized spacial score (nSPS) is 17.5. The first-order valence-corrected chi connectivity index (χ1v) is 21.1. The minimum absolute atomic E-state index is 0.0543. The Morgan fingerprint density at radius 3 is 2.03 bits per heavy atom. The molecule has 4 atom stereocenters. The minimum atomic E-state index is -0.613. The fourth-order valence-corrected chi connectivity index (χ4v) is 8.98. The highest BCUT2D eigenvalue weighted by atomic mass is 16.2. The van der Waals surface area contributed by atoms with Crippen LogP contribution in [0.25, 0.3) is 44.2 Å². The monoisotopic (exact) mass is 803 g/mol. The zero-order chi connectivity index (χ0) is 42.8. The van der Waals surface area contributed by atoms with Gasteiger partial charge in [-0.3, -0.25) is 14.6 Å². The second-order valence-electron chi connectivity index (χ2n) is 17.0. The first-order valence-electron chi connectivity index (χ1n) is 21.1. The van der Waals surface area contributed by atoms with E-state index >= 15 is 0 Å². The molecular weight excluding hydrogens is 747 g/mol. The van der Waals surface area contributed by atoms with E-state index in [9.17, 15) is 14.4 Å². The first kappa shape index (κ1) is 41.9. The van der Waals surface area contributed by atoms with Crippen molar-refractivity contribution in [3.8, 4) is 22.3 Å². The standard InChI is InChI=1S/C50H57N7O3/c1-10-42(46(30(4)5)55-50(60)51-9)56-25-11-13-43(56)39-24-21-35-19-20-36(27-40(35)52-39)33-15-17-34(18-16-33)37-22-23-38-41(28-37)54-48(53-38)44-14-12-26-57(44)49(59)45(29(2)3)32(8)47(58)31(6)7/h15-24,27-30,43-46H,1,6,8,11-14,25-26H2,2-5,7,9H3,(H,53,54)(H2,51,55,60). The van der Waals surface area contributed by atoms with Gasteiger partial charge in [0, 0.05) is 31.1 Å². The molecule has 0 bridgehead atoms. The number of aromatic nitrogens is 3. The molecule has 7 rings (SSSR count). The Balaban J connectivity index is 1.09. The second kappa shape index (κ2) is 17.5. The van der Waals surface area contributed by atoms with Gasteiger partial charge in [0.25, 0.3) is 0 Å². The third kappa shape index (κ3) is 8.30. The van der Waals surface area contributed by atoms with Crippen molar-refractivity contribution in [2.75, 3.05) is 20.1 Å². The molecule has 2 aliphatic heterocycles. The molecule has 0 radical (unpaired) electrons. The van der Waals surface area contributed by atoms with Gasteiger partial charge in [-0.15, -0.1) is 5.73 Å². The van der Waals surface area contributed by atoms with Crippen LogP contribution in [0.5, 0.6) is 0 Å². The highest BCUT2D eigenvalue weighted by molar-refractivity contribution is 6.10. The van der Waals surface area contributed by atoms with Crippen LogP contribution in [0.15, 0.2) is 115 Å². The van der Waals surface area contributed by atoms with Gasteiger partial charge in [-0.1, -0.05) is 96.0 Å². The number of nitrogens with zero attached hydrogens (tertiary/aromatic N) is 4. The zero-order valence-corrected chi connectivity index (χ0v) is 35.8. The van der Waals surface area contributed by atoms with Gasteiger partial charge in [-0.05, 0) is 96.5 Å². The van der Waals surface area contributed by atoms with Crippen molar-refractivity contribution in [3.63, 3.8) is 0 Å². The van der Waals surface area contributed by atoms with Crippen LogP contribution in [0, 0.1) is 17.8 Å². The Kier molecular flexibility index (Phi) is 12.2. The zero-order valence-electron chi connectivity index (χ0n) is 35.8. The SMILES string of the molecule is C=C=C(C(NC(=O)NC)C(C)C)N1CCCC1c1ccc2ccc(-c3ccc(-c4ccc5nc(C6CCCN6C(=O)C(C(=C)C(=O)C(=C)C)C(C)C)[nH]c5c4)cc3)cc2n1. The van der Waals surface area contributed by atoms with Crippen molar-refractivity contribution in [2.24, 2.45) is 17.8 Å². The van der Waals surface area contributed by atoms with Crippen LogP contribution in [0.1, 0.15) is 83.9 Å². The van der Waals surface area contributed by atoms with Crippen LogP contribution < -0.4 is 10.6 Å². The summed E-state index contributed by atoms with van der Waals surface area (Å²) < 4.78 is 0. The van der Waals surface area contributed by atoms with Crippen molar-refractivity contribution < 1.29 is 14.4 Å². The summed E-state index contributed by atoms with van der Waals surface area (Å²) in [4.78, 5) is 57.0. The number of rotatable bonds is 13. The van der Waals surface area contributed by atoms with Crippen LogP contribution in [0.3, 0.4) is 0 Å². The van der Waals surface area contributed by atoms with E-state index in [-0.39, 0.29) is 47.7 Å². The van der Waals surface area contributed by atoms with Gasteiger partial charge in [0.1, 0.15) is 5.82 Å². The number of likely N-dealkylation sites (tertiary alicyclic amines) is 2. The number of carbonyl (C=O) groups is 3. The largest absolute Gasteiger partial charge is 0.358 e. The maximum atomic E-state index is 14.0. The Bertz CT molecular complexity index is 2530. The first-order chi connectivity index (χ1) is 28.8. The lowest BCUT2D eigenvalue weighted by Crippen LogP contribution is -2.47. The van der Waals surface area contributed by atoms with Crippen LogP contribution in [0.2, 0.25) is 0 Å². The van der Waals surface area contributed by atoms with E-state index in [4.69, 9.17) is 9.97 Å². The summed E-state index contributed by atoms with van der Waals surface area (Å²) in [5.41, 5.74) is 12.7. The van der Waals surface area contributed by atoms with Gasteiger partial charge in [0.15, 0.2) is 5.78 Å². The maximum absolute atomic E-state index is 14.0. The second-order valence-corrected chi connectivity index (χ2v) is 17.0. The third-order valence-corrected chi connectivity index (χ3v) is 12.2. The topological polar surface area (TPSA) is 123 Å². The number of hydrogen-bond donors (Lipinski definition) is 3. The summed E-state index contributed by atoms with van der Waals surface area (Å²) in [6.45, 7) is 23.1. The van der Waals surface area contributed by atoms with Crippen LogP contribution >= 0.6 is 0 Å². The van der Waals surface area contributed by atoms with Gasteiger partial charge in [-0.2, -0.15) is 0 Å². The molecule has 2 aliphatic rings. The molecule has 2 fully saturated rings. The summed E-state index contributed by atoms with van der Waals surface area (Å²) in [6, 6.07) is 24.9. The van der Waals surface area contributed by atoms with Crippen molar-refractivity contribution in [1.29, 1.82) is 0 Å². The fourth-order valence-electron chi connectivity index (χ4n) is 8.98. The lowest BCUT2D eigenvalue weighted by atomic mass is 9.84. The molecule has 310 valence electrons. The summed E-state index contributed by atoms with van der Waals surface area (Å²) in [5, 5.41) is 6.85. The molecule has 0 spiro atoms. The van der Waals surface area contributed by atoms with E-state index in [1.54, 1.807) is 14.0 Å². The number of Topliss-reactive ketones (excluding diaryl/α,β-unsaturated/α-hetero) is 1. The Morgan fingerprint density at radius 2 is 1.40 bits per heavy atom. The average molecular weight is 804 g/mol. The summed E-state index contributed by atoms with van der Waals surface area (Å²) in [5.74, 6) is -0.124. The van der Waals surface area contributed by atoms with Gasteiger partial charge in [0.2, 0.25) is 5.91 Å². The van der Waals surface area contributed by atoms with Crippen molar-refractivity contribution in [1.82, 2.24) is 35.4 Å². The number of imidazole rings is 1. The van der Waals surface area contributed by atoms with Gasteiger partial charge >= 0.3 is 6.03 Å². The van der Waals surface area contributed by atoms with E-state index in [1.807, 2.05) is 24.8 Å². The molecule has 0 saturated carbocycles. The lowest BCUT2D eigenvalue weighted by molar-refractivity contribution is -0.137. The molecule has 2 aromatic heterocycles. The summed E-state index contributed by atoms with van der Waals surface area (Å²) >= 11 is 0. The lowest BCUT2D eigenvalue weighted by Gasteiger charge is -2.34. The fraction of sp³-hybridized carbons (Fsp3) is 0.360. The molecule has 5 aromatic rings. The maximum Gasteiger partial charge on any atom is 0.315 e. The number of carbonyl (C=O) groups excluding carboxylic acids is 3. The summed E-state index contributed by atoms with van der Waals surface area (Å²) in [7, 11) is 1.62. The minimum Gasteiger partial charge on any atom is -0.358 e. The molecular formula is C50H57N7O3. The van der Waals surface area contributed by atoms with Crippen molar-refractivity contribution in [2.45, 2.75) is 78.4 Å². The number of benzene rings is 3. The van der Waals surface area contributed by atoms with Crippen molar-refractivity contribution >= 4 is 39.7 Å². The number of H-pyrrole nitrogens is 1. The predicted molar refractivity (Wildman–Crippen MR) is 241 cm³/mol. The Labute approximate surface area is 353 Å². The average Bonchev–Trinajstić information content (AvgIpc) is 4.03. The van der Waals surface area contributed by atoms with E-state index in [0.29, 0.717) is 17.7 Å². The number of ketones is 1. The number of nitrogens with one attached hydrogen (secondary N) is 3. The number of aromatic amines is 1. The molecule has 60 heavy (non-hydrogen) atoms. The number of amides is 3. The number of hydrogen-bond acceptors (Lipinski definition) is 6.